The molecule has 0 radical (unpaired) electrons. The predicted molar refractivity (Wildman–Crippen MR) is 70.3 cm³/mol. The summed E-state index contributed by atoms with van der Waals surface area (Å²) in [6.45, 7) is 5.15. The second-order valence-electron chi connectivity index (χ2n) is 4.73. The van der Waals surface area contributed by atoms with Gasteiger partial charge in [-0.1, -0.05) is 27.2 Å². The van der Waals surface area contributed by atoms with Gasteiger partial charge in [-0.2, -0.15) is 0 Å². The fourth-order valence-electron chi connectivity index (χ4n) is 1.38. The molecule has 0 unspecified atom stereocenters. The van der Waals surface area contributed by atoms with Crippen LogP contribution in [0.2, 0.25) is 0 Å². The molecule has 2 amide bonds. The van der Waals surface area contributed by atoms with Crippen molar-refractivity contribution in [2.45, 2.75) is 45.7 Å². The molecule has 0 rings (SSSR count). The first-order valence-electron chi connectivity index (χ1n) is 6.35. The van der Waals surface area contributed by atoms with E-state index in [1.165, 1.54) is 0 Å². The summed E-state index contributed by atoms with van der Waals surface area (Å²) >= 11 is 0. The van der Waals surface area contributed by atoms with Crippen LogP contribution in [0.15, 0.2) is 0 Å². The number of carbonyl (C=O) groups is 3. The van der Waals surface area contributed by atoms with E-state index in [9.17, 15) is 14.4 Å². The molecule has 0 saturated carbocycles. The molecule has 7 heteroatoms. The Hall–Kier alpha value is -1.63. The number of carboxylic acids is 1. The molecule has 0 aliphatic rings. The van der Waals surface area contributed by atoms with E-state index in [1.54, 1.807) is 13.8 Å². The van der Waals surface area contributed by atoms with Gasteiger partial charge in [0.25, 0.3) is 0 Å². The van der Waals surface area contributed by atoms with Gasteiger partial charge in [0.05, 0.1) is 12.6 Å². The molecule has 110 valence electrons. The first kappa shape index (κ1) is 17.4. The first-order chi connectivity index (χ1) is 8.79. The number of aliphatic carboxylic acids is 1. The van der Waals surface area contributed by atoms with Gasteiger partial charge in [0.1, 0.15) is 6.04 Å². The molecule has 0 aliphatic carbocycles. The SMILES string of the molecule is CCC[C@H](NC(=O)CNC(=O)[C@@H](N)C(C)C)C(=O)O. The van der Waals surface area contributed by atoms with Crippen molar-refractivity contribution in [3.05, 3.63) is 0 Å². The molecule has 0 bridgehead atoms. The van der Waals surface area contributed by atoms with Crippen molar-refractivity contribution in [3.8, 4) is 0 Å². The van der Waals surface area contributed by atoms with Gasteiger partial charge in [-0.15, -0.1) is 0 Å². The Morgan fingerprint density at radius 2 is 1.84 bits per heavy atom. The Bertz CT molecular complexity index is 331. The molecule has 0 fully saturated rings. The zero-order chi connectivity index (χ0) is 15.0. The van der Waals surface area contributed by atoms with Crippen molar-refractivity contribution in [2.24, 2.45) is 11.7 Å². The number of nitrogens with one attached hydrogen (secondary N) is 2. The lowest BCUT2D eigenvalue weighted by atomic mass is 10.1. The fraction of sp³-hybridized carbons (Fsp3) is 0.750. The predicted octanol–water partition coefficient (Wildman–Crippen LogP) is -0.545. The molecule has 0 saturated heterocycles. The van der Waals surface area contributed by atoms with Crippen LogP contribution in [0, 0.1) is 5.92 Å². The quantitative estimate of drug-likeness (QED) is 0.473. The lowest BCUT2D eigenvalue weighted by Crippen LogP contribution is -2.49. The highest BCUT2D eigenvalue weighted by molar-refractivity contribution is 5.89. The van der Waals surface area contributed by atoms with E-state index < -0.39 is 29.9 Å². The monoisotopic (exact) mass is 273 g/mol. The van der Waals surface area contributed by atoms with Gasteiger partial charge < -0.3 is 21.5 Å². The molecule has 0 heterocycles. The summed E-state index contributed by atoms with van der Waals surface area (Å²) < 4.78 is 0. The van der Waals surface area contributed by atoms with E-state index in [1.807, 2.05) is 6.92 Å². The van der Waals surface area contributed by atoms with Crippen LogP contribution in [0.3, 0.4) is 0 Å². The lowest BCUT2D eigenvalue weighted by Gasteiger charge is -2.16. The van der Waals surface area contributed by atoms with Gasteiger partial charge in [-0.05, 0) is 12.3 Å². The Balaban J connectivity index is 4.17. The molecule has 2 atom stereocenters. The van der Waals surface area contributed by atoms with E-state index in [2.05, 4.69) is 10.6 Å². The molecule has 5 N–H and O–H groups in total. The Labute approximate surface area is 112 Å². The second-order valence-corrected chi connectivity index (χ2v) is 4.73. The van der Waals surface area contributed by atoms with Crippen molar-refractivity contribution in [1.82, 2.24) is 10.6 Å². The number of hydrogen-bond donors (Lipinski definition) is 4. The number of rotatable bonds is 8. The molecular weight excluding hydrogens is 250 g/mol. The molecule has 7 nitrogen and oxygen atoms in total. The molecule has 0 aromatic rings. The third kappa shape index (κ3) is 6.76. The maximum atomic E-state index is 11.5. The van der Waals surface area contributed by atoms with Crippen molar-refractivity contribution < 1.29 is 19.5 Å². The summed E-state index contributed by atoms with van der Waals surface area (Å²) in [6, 6.07) is -1.60. The van der Waals surface area contributed by atoms with Gasteiger partial charge in [-0.25, -0.2) is 4.79 Å². The van der Waals surface area contributed by atoms with Crippen LogP contribution in [0.5, 0.6) is 0 Å². The minimum Gasteiger partial charge on any atom is -0.480 e. The minimum absolute atomic E-state index is 0.0325. The van der Waals surface area contributed by atoms with E-state index >= 15 is 0 Å². The van der Waals surface area contributed by atoms with Crippen molar-refractivity contribution in [2.75, 3.05) is 6.54 Å². The van der Waals surface area contributed by atoms with Gasteiger partial charge in [0, 0.05) is 0 Å². The minimum atomic E-state index is -1.08. The van der Waals surface area contributed by atoms with Crippen molar-refractivity contribution in [1.29, 1.82) is 0 Å². The van der Waals surface area contributed by atoms with Crippen LogP contribution < -0.4 is 16.4 Å². The van der Waals surface area contributed by atoms with Crippen LogP contribution in [0.1, 0.15) is 33.6 Å². The lowest BCUT2D eigenvalue weighted by molar-refractivity contribution is -0.141. The first-order valence-corrected chi connectivity index (χ1v) is 6.35. The number of carbonyl (C=O) groups excluding carboxylic acids is 2. The average Bonchev–Trinajstić information content (AvgIpc) is 2.34. The second kappa shape index (κ2) is 8.47. The summed E-state index contributed by atoms with van der Waals surface area (Å²) in [6.07, 6.45) is 0.988. The van der Waals surface area contributed by atoms with E-state index in [-0.39, 0.29) is 12.5 Å². The standard InChI is InChI=1S/C12H23N3O4/c1-4-5-8(12(18)19)15-9(16)6-14-11(17)10(13)7(2)3/h7-8,10H,4-6,13H2,1-3H3,(H,14,17)(H,15,16)(H,18,19)/t8-,10-/m0/s1. The van der Waals surface area contributed by atoms with Crippen LogP contribution >= 0.6 is 0 Å². The summed E-state index contributed by atoms with van der Waals surface area (Å²) in [5.74, 6) is -2.08. The highest BCUT2D eigenvalue weighted by Crippen LogP contribution is 1.98. The third-order valence-corrected chi connectivity index (χ3v) is 2.65. The van der Waals surface area contributed by atoms with Crippen LogP contribution in [0.25, 0.3) is 0 Å². The molecule has 19 heavy (non-hydrogen) atoms. The zero-order valence-electron chi connectivity index (χ0n) is 11.6. The Kier molecular flexibility index (Phi) is 7.74. The Morgan fingerprint density at radius 3 is 2.26 bits per heavy atom. The van der Waals surface area contributed by atoms with Gasteiger partial charge >= 0.3 is 5.97 Å². The molecule has 0 aromatic heterocycles. The number of hydrogen-bond acceptors (Lipinski definition) is 4. The highest BCUT2D eigenvalue weighted by atomic mass is 16.4. The summed E-state index contributed by atoms with van der Waals surface area (Å²) in [4.78, 5) is 33.8. The van der Waals surface area contributed by atoms with Crippen molar-refractivity contribution >= 4 is 17.8 Å². The zero-order valence-corrected chi connectivity index (χ0v) is 11.6. The number of nitrogens with two attached hydrogens (primary N) is 1. The molecular formula is C12H23N3O4. The van der Waals surface area contributed by atoms with Gasteiger partial charge in [-0.3, -0.25) is 9.59 Å². The van der Waals surface area contributed by atoms with E-state index in [0.29, 0.717) is 12.8 Å². The van der Waals surface area contributed by atoms with Gasteiger partial charge in [0.2, 0.25) is 11.8 Å². The maximum absolute atomic E-state index is 11.5. The summed E-state index contributed by atoms with van der Waals surface area (Å²) in [7, 11) is 0. The topological polar surface area (TPSA) is 122 Å². The Morgan fingerprint density at radius 1 is 1.26 bits per heavy atom. The number of amides is 2. The van der Waals surface area contributed by atoms with Crippen LogP contribution in [-0.2, 0) is 14.4 Å². The molecule has 0 aliphatic heterocycles. The van der Waals surface area contributed by atoms with Gasteiger partial charge in [0.15, 0.2) is 0 Å². The normalized spacial score (nSPS) is 13.7. The molecule has 0 spiro atoms. The molecule has 0 aromatic carbocycles. The maximum Gasteiger partial charge on any atom is 0.326 e. The highest BCUT2D eigenvalue weighted by Gasteiger charge is 2.21. The van der Waals surface area contributed by atoms with E-state index in [0.717, 1.165) is 0 Å². The summed E-state index contributed by atoms with van der Waals surface area (Å²) in [5.41, 5.74) is 5.61. The third-order valence-electron chi connectivity index (χ3n) is 2.65. The largest absolute Gasteiger partial charge is 0.480 e. The van der Waals surface area contributed by atoms with E-state index in [4.69, 9.17) is 10.8 Å². The van der Waals surface area contributed by atoms with Crippen LogP contribution in [0.4, 0.5) is 0 Å². The average molecular weight is 273 g/mol. The van der Waals surface area contributed by atoms with Crippen molar-refractivity contribution in [3.63, 3.8) is 0 Å². The smallest absolute Gasteiger partial charge is 0.326 e. The number of carboxylic acid groups (broad SMARTS) is 1. The fourth-order valence-corrected chi connectivity index (χ4v) is 1.38. The summed E-state index contributed by atoms with van der Waals surface area (Å²) in [5, 5.41) is 13.6. The van der Waals surface area contributed by atoms with Crippen LogP contribution in [-0.4, -0.2) is 41.5 Å².